The van der Waals surface area contributed by atoms with Crippen LogP contribution in [0, 0.1) is 5.92 Å². The zero-order chi connectivity index (χ0) is 13.1. The minimum Gasteiger partial charge on any atom is -0.384 e. The van der Waals surface area contributed by atoms with Crippen LogP contribution in [0.25, 0.3) is 0 Å². The van der Waals surface area contributed by atoms with Crippen molar-refractivity contribution in [2.45, 2.75) is 38.5 Å². The third-order valence-electron chi connectivity index (χ3n) is 4.94. The van der Waals surface area contributed by atoms with Crippen molar-refractivity contribution in [3.05, 3.63) is 29.8 Å². The summed E-state index contributed by atoms with van der Waals surface area (Å²) in [6, 6.07) is 8.82. The van der Waals surface area contributed by atoms with Gasteiger partial charge in [0.1, 0.15) is 0 Å². The number of nitrogens with zero attached hydrogens (tertiary/aromatic N) is 1. The van der Waals surface area contributed by atoms with Crippen LogP contribution in [0.5, 0.6) is 0 Å². The van der Waals surface area contributed by atoms with Gasteiger partial charge in [0.25, 0.3) is 0 Å². The van der Waals surface area contributed by atoms with Crippen LogP contribution in [0.1, 0.15) is 44.1 Å². The minimum absolute atomic E-state index is 0.689. The molecule has 2 aliphatic heterocycles. The van der Waals surface area contributed by atoms with Gasteiger partial charge in [-0.05, 0) is 49.9 Å². The van der Waals surface area contributed by atoms with Crippen LogP contribution in [0.15, 0.2) is 24.3 Å². The van der Waals surface area contributed by atoms with Gasteiger partial charge in [-0.1, -0.05) is 31.5 Å². The normalized spacial score (nSPS) is 27.6. The SMILES string of the molecule is CCC1CCCN(CC2CNc3ccccc32)CC1. The zero-order valence-corrected chi connectivity index (χ0v) is 12.1. The summed E-state index contributed by atoms with van der Waals surface area (Å²) in [4.78, 5) is 2.70. The number of rotatable bonds is 3. The maximum atomic E-state index is 3.55. The number of fused-ring (bicyclic) bond motifs is 1. The summed E-state index contributed by atoms with van der Waals surface area (Å²) in [6.07, 6.45) is 5.59. The zero-order valence-electron chi connectivity index (χ0n) is 12.1. The Hall–Kier alpha value is -1.02. The van der Waals surface area contributed by atoms with Gasteiger partial charge in [0.05, 0.1) is 0 Å². The molecular weight excluding hydrogens is 232 g/mol. The number of hydrogen-bond acceptors (Lipinski definition) is 2. The van der Waals surface area contributed by atoms with Gasteiger partial charge in [-0.3, -0.25) is 0 Å². The smallest absolute Gasteiger partial charge is 0.0376 e. The fraction of sp³-hybridized carbons (Fsp3) is 0.647. The summed E-state index contributed by atoms with van der Waals surface area (Å²) in [5, 5.41) is 3.55. The van der Waals surface area contributed by atoms with Gasteiger partial charge >= 0.3 is 0 Å². The van der Waals surface area contributed by atoms with Crippen LogP contribution in [0.3, 0.4) is 0 Å². The molecule has 2 atom stereocenters. The number of para-hydroxylation sites is 1. The molecule has 1 fully saturated rings. The van der Waals surface area contributed by atoms with E-state index >= 15 is 0 Å². The molecule has 3 rings (SSSR count). The highest BCUT2D eigenvalue weighted by atomic mass is 15.1. The van der Waals surface area contributed by atoms with Crippen LogP contribution in [0.2, 0.25) is 0 Å². The summed E-state index contributed by atoms with van der Waals surface area (Å²) >= 11 is 0. The molecule has 2 heterocycles. The maximum Gasteiger partial charge on any atom is 0.0376 e. The van der Waals surface area contributed by atoms with Gasteiger partial charge in [0.15, 0.2) is 0 Å². The monoisotopic (exact) mass is 258 g/mol. The second-order valence-corrected chi connectivity index (χ2v) is 6.17. The molecule has 0 amide bonds. The Morgan fingerprint density at radius 2 is 2.11 bits per heavy atom. The summed E-state index contributed by atoms with van der Waals surface area (Å²) < 4.78 is 0. The third-order valence-corrected chi connectivity index (χ3v) is 4.94. The lowest BCUT2D eigenvalue weighted by Gasteiger charge is -2.24. The van der Waals surface area contributed by atoms with Crippen molar-refractivity contribution in [1.29, 1.82) is 0 Å². The lowest BCUT2D eigenvalue weighted by molar-refractivity contribution is 0.267. The molecule has 0 spiro atoms. The van der Waals surface area contributed by atoms with Gasteiger partial charge in [-0.15, -0.1) is 0 Å². The van der Waals surface area contributed by atoms with E-state index in [1.807, 2.05) is 0 Å². The molecule has 2 nitrogen and oxygen atoms in total. The van der Waals surface area contributed by atoms with E-state index in [9.17, 15) is 0 Å². The van der Waals surface area contributed by atoms with Crippen molar-refractivity contribution in [2.24, 2.45) is 5.92 Å². The Balaban J connectivity index is 1.60. The summed E-state index contributed by atoms with van der Waals surface area (Å²) in [5.41, 5.74) is 2.88. The second kappa shape index (κ2) is 5.96. The summed E-state index contributed by atoms with van der Waals surface area (Å²) in [5.74, 6) is 1.66. The topological polar surface area (TPSA) is 15.3 Å². The number of likely N-dealkylation sites (tertiary alicyclic amines) is 1. The molecule has 0 saturated carbocycles. The second-order valence-electron chi connectivity index (χ2n) is 6.17. The summed E-state index contributed by atoms with van der Waals surface area (Å²) in [7, 11) is 0. The molecule has 0 bridgehead atoms. The lowest BCUT2D eigenvalue weighted by atomic mass is 9.98. The molecule has 0 aliphatic carbocycles. The van der Waals surface area contributed by atoms with Gasteiger partial charge in [-0.25, -0.2) is 0 Å². The predicted octanol–water partition coefficient (Wildman–Crippen LogP) is 3.71. The predicted molar refractivity (Wildman–Crippen MR) is 81.7 cm³/mol. The van der Waals surface area contributed by atoms with Gasteiger partial charge in [0.2, 0.25) is 0 Å². The Labute approximate surface area is 117 Å². The van der Waals surface area contributed by atoms with E-state index in [-0.39, 0.29) is 0 Å². The molecule has 0 radical (unpaired) electrons. The van der Waals surface area contributed by atoms with E-state index in [0.29, 0.717) is 5.92 Å². The first kappa shape index (κ1) is 13.0. The Kier molecular flexibility index (Phi) is 4.07. The molecule has 2 unspecified atom stereocenters. The highest BCUT2D eigenvalue weighted by Gasteiger charge is 2.25. The highest BCUT2D eigenvalue weighted by Crippen LogP contribution is 2.32. The van der Waals surface area contributed by atoms with E-state index < -0.39 is 0 Å². The number of hydrogen-bond donors (Lipinski definition) is 1. The Bertz CT molecular complexity index is 415. The van der Waals surface area contributed by atoms with Crippen molar-refractivity contribution in [1.82, 2.24) is 4.90 Å². The third kappa shape index (κ3) is 2.94. The lowest BCUT2D eigenvalue weighted by Crippen LogP contribution is -2.30. The molecule has 1 aromatic rings. The summed E-state index contributed by atoms with van der Waals surface area (Å²) in [6.45, 7) is 7.30. The van der Waals surface area contributed by atoms with Crippen LogP contribution in [-0.4, -0.2) is 31.1 Å². The van der Waals surface area contributed by atoms with Crippen molar-refractivity contribution in [3.63, 3.8) is 0 Å². The van der Waals surface area contributed by atoms with Crippen molar-refractivity contribution >= 4 is 5.69 Å². The number of nitrogens with one attached hydrogen (secondary N) is 1. The quantitative estimate of drug-likeness (QED) is 0.889. The molecular formula is C17H26N2. The molecule has 0 aromatic heterocycles. The van der Waals surface area contributed by atoms with Crippen LogP contribution in [0.4, 0.5) is 5.69 Å². The van der Waals surface area contributed by atoms with Crippen molar-refractivity contribution in [3.8, 4) is 0 Å². The van der Waals surface area contributed by atoms with E-state index in [1.54, 1.807) is 0 Å². The fourth-order valence-corrected chi connectivity index (χ4v) is 3.65. The molecule has 2 aliphatic rings. The first-order valence-corrected chi connectivity index (χ1v) is 7.92. The molecule has 1 saturated heterocycles. The Morgan fingerprint density at radius 1 is 1.21 bits per heavy atom. The number of anilines is 1. The first-order chi connectivity index (χ1) is 9.36. The standard InChI is InChI=1S/C17H26N2/c1-2-14-6-5-10-19(11-9-14)13-15-12-18-17-8-4-3-7-16(15)17/h3-4,7-8,14-15,18H,2,5-6,9-13H2,1H3. The first-order valence-electron chi connectivity index (χ1n) is 7.92. The average Bonchev–Trinajstić information content (AvgIpc) is 2.71. The van der Waals surface area contributed by atoms with Crippen molar-refractivity contribution < 1.29 is 0 Å². The minimum atomic E-state index is 0.689. The molecule has 2 heteroatoms. The van der Waals surface area contributed by atoms with Crippen LogP contribution >= 0.6 is 0 Å². The van der Waals surface area contributed by atoms with Gasteiger partial charge in [-0.2, -0.15) is 0 Å². The van der Waals surface area contributed by atoms with E-state index in [4.69, 9.17) is 0 Å². The molecule has 104 valence electrons. The van der Waals surface area contributed by atoms with Crippen molar-refractivity contribution in [2.75, 3.05) is 31.5 Å². The maximum absolute atomic E-state index is 3.55. The van der Waals surface area contributed by atoms with Gasteiger partial charge in [0, 0.05) is 24.7 Å². The molecule has 1 N–H and O–H groups in total. The molecule has 19 heavy (non-hydrogen) atoms. The van der Waals surface area contributed by atoms with E-state index in [1.165, 1.54) is 56.6 Å². The highest BCUT2D eigenvalue weighted by molar-refractivity contribution is 5.57. The van der Waals surface area contributed by atoms with Crippen LogP contribution < -0.4 is 5.32 Å². The Morgan fingerprint density at radius 3 is 3.00 bits per heavy atom. The van der Waals surface area contributed by atoms with E-state index in [0.717, 1.165) is 12.5 Å². The largest absolute Gasteiger partial charge is 0.384 e. The fourth-order valence-electron chi connectivity index (χ4n) is 3.65. The average molecular weight is 258 g/mol. The molecule has 1 aromatic carbocycles. The number of benzene rings is 1. The van der Waals surface area contributed by atoms with Crippen LogP contribution in [-0.2, 0) is 0 Å². The van der Waals surface area contributed by atoms with E-state index in [2.05, 4.69) is 41.4 Å². The van der Waals surface area contributed by atoms with Gasteiger partial charge < -0.3 is 10.2 Å².